The van der Waals surface area contributed by atoms with Crippen LogP contribution in [0.25, 0.3) is 0 Å². The van der Waals surface area contributed by atoms with Gasteiger partial charge in [0.2, 0.25) is 11.8 Å². The summed E-state index contributed by atoms with van der Waals surface area (Å²) in [7, 11) is 0. The highest BCUT2D eigenvalue weighted by Gasteiger charge is 2.60. The van der Waals surface area contributed by atoms with Gasteiger partial charge in [0, 0.05) is 12.0 Å². The summed E-state index contributed by atoms with van der Waals surface area (Å²) in [5.74, 6) is -0.00608. The zero-order chi connectivity index (χ0) is 9.92. The molecule has 2 atom stereocenters. The summed E-state index contributed by atoms with van der Waals surface area (Å²) < 4.78 is 0. The van der Waals surface area contributed by atoms with Gasteiger partial charge in [0.1, 0.15) is 0 Å². The molecule has 0 aromatic carbocycles. The Hall–Kier alpha value is -0.900. The van der Waals surface area contributed by atoms with Crippen LogP contribution in [-0.2, 0) is 9.59 Å². The molecule has 3 rings (SSSR count). The minimum Gasteiger partial charge on any atom is -0.396 e. The summed E-state index contributed by atoms with van der Waals surface area (Å²) in [5.41, 5.74) is -0.137. The van der Waals surface area contributed by atoms with E-state index < -0.39 is 0 Å². The summed E-state index contributed by atoms with van der Waals surface area (Å²) >= 11 is 0. The summed E-state index contributed by atoms with van der Waals surface area (Å²) in [4.78, 5) is 24.6. The van der Waals surface area contributed by atoms with E-state index in [1.807, 2.05) is 0 Å². The van der Waals surface area contributed by atoms with Crippen LogP contribution in [-0.4, -0.2) is 35.0 Å². The first-order valence-corrected chi connectivity index (χ1v) is 5.13. The van der Waals surface area contributed by atoms with Gasteiger partial charge in [-0.25, -0.2) is 0 Å². The normalized spacial score (nSPS) is 37.4. The molecule has 0 aromatic rings. The molecular weight excluding hydrogens is 182 g/mol. The van der Waals surface area contributed by atoms with Crippen LogP contribution in [0.4, 0.5) is 0 Å². The number of hydrogen-bond acceptors (Lipinski definition) is 3. The van der Waals surface area contributed by atoms with Crippen molar-refractivity contribution in [2.75, 3.05) is 13.2 Å². The van der Waals surface area contributed by atoms with Crippen molar-refractivity contribution < 1.29 is 14.7 Å². The maximum absolute atomic E-state index is 11.6. The third-order valence-corrected chi connectivity index (χ3v) is 3.74. The number of rotatable bonds is 3. The Morgan fingerprint density at radius 2 is 1.86 bits per heavy atom. The molecule has 3 aliphatic rings. The molecule has 14 heavy (non-hydrogen) atoms. The van der Waals surface area contributed by atoms with Crippen LogP contribution in [0, 0.1) is 17.3 Å². The fourth-order valence-corrected chi connectivity index (χ4v) is 2.28. The number of likely N-dealkylation sites (tertiary alicyclic amines) is 1. The third kappa shape index (κ3) is 0.974. The number of fused-ring (bicyclic) bond motifs is 1. The van der Waals surface area contributed by atoms with Crippen molar-refractivity contribution in [2.45, 2.75) is 19.3 Å². The molecule has 4 nitrogen and oxygen atoms in total. The molecular formula is C10H13NO3. The molecule has 1 aliphatic heterocycles. The van der Waals surface area contributed by atoms with Crippen LogP contribution in [0.5, 0.6) is 0 Å². The van der Waals surface area contributed by atoms with Gasteiger partial charge in [-0.15, -0.1) is 0 Å². The van der Waals surface area contributed by atoms with E-state index in [9.17, 15) is 9.59 Å². The van der Waals surface area contributed by atoms with Crippen molar-refractivity contribution in [3.05, 3.63) is 0 Å². The second kappa shape index (κ2) is 2.37. The molecule has 0 spiro atoms. The summed E-state index contributed by atoms with van der Waals surface area (Å²) in [6.07, 6.45) is 2.64. The molecule has 2 unspecified atom stereocenters. The highest BCUT2D eigenvalue weighted by atomic mass is 16.3. The van der Waals surface area contributed by atoms with E-state index >= 15 is 0 Å². The Bertz CT molecular complexity index is 301. The van der Waals surface area contributed by atoms with Crippen molar-refractivity contribution in [3.63, 3.8) is 0 Å². The van der Waals surface area contributed by atoms with Crippen LogP contribution >= 0.6 is 0 Å². The fraction of sp³-hybridized carbons (Fsp3) is 0.800. The summed E-state index contributed by atoms with van der Waals surface area (Å²) in [5, 5.41) is 9.12. The number of imide groups is 1. The lowest BCUT2D eigenvalue weighted by atomic mass is 10.1. The Kier molecular flexibility index (Phi) is 1.42. The van der Waals surface area contributed by atoms with Crippen molar-refractivity contribution in [3.8, 4) is 0 Å². The topological polar surface area (TPSA) is 57.6 Å². The van der Waals surface area contributed by atoms with Crippen LogP contribution < -0.4 is 0 Å². The Morgan fingerprint density at radius 3 is 2.29 bits per heavy atom. The molecule has 0 bridgehead atoms. The smallest absolute Gasteiger partial charge is 0.233 e. The number of carbonyl (C=O) groups is 2. The van der Waals surface area contributed by atoms with Gasteiger partial charge < -0.3 is 5.11 Å². The van der Waals surface area contributed by atoms with Gasteiger partial charge in [0.05, 0.1) is 18.4 Å². The van der Waals surface area contributed by atoms with E-state index in [1.165, 1.54) is 4.90 Å². The second-order valence-corrected chi connectivity index (χ2v) is 4.87. The average Bonchev–Trinajstić information content (AvgIpc) is 3.05. The van der Waals surface area contributed by atoms with Gasteiger partial charge in [-0.3, -0.25) is 14.5 Å². The predicted octanol–water partition coefficient (Wildman–Crippen LogP) is -0.236. The maximum Gasteiger partial charge on any atom is 0.233 e. The second-order valence-electron chi connectivity index (χ2n) is 4.87. The van der Waals surface area contributed by atoms with Gasteiger partial charge in [-0.2, -0.15) is 0 Å². The molecule has 0 aromatic heterocycles. The van der Waals surface area contributed by atoms with Gasteiger partial charge in [-0.1, -0.05) is 0 Å². The van der Waals surface area contributed by atoms with Crippen molar-refractivity contribution in [1.82, 2.24) is 4.90 Å². The number of aliphatic hydroxyl groups excluding tert-OH is 1. The van der Waals surface area contributed by atoms with Gasteiger partial charge in [0.25, 0.3) is 0 Å². The minimum atomic E-state index is -0.137. The highest BCUT2D eigenvalue weighted by Crippen LogP contribution is 2.51. The molecule has 2 aliphatic carbocycles. The predicted molar refractivity (Wildman–Crippen MR) is 47.1 cm³/mol. The van der Waals surface area contributed by atoms with E-state index in [0.29, 0.717) is 6.54 Å². The fourth-order valence-electron chi connectivity index (χ4n) is 2.28. The molecule has 76 valence electrons. The zero-order valence-corrected chi connectivity index (χ0v) is 7.90. The molecule has 1 heterocycles. The number of piperidine rings is 1. The molecule has 2 amide bonds. The lowest BCUT2D eigenvalue weighted by Crippen LogP contribution is -2.38. The zero-order valence-electron chi connectivity index (χ0n) is 7.90. The maximum atomic E-state index is 11.6. The average molecular weight is 195 g/mol. The number of carbonyl (C=O) groups excluding carboxylic acids is 2. The molecule has 2 saturated carbocycles. The monoisotopic (exact) mass is 195 g/mol. The van der Waals surface area contributed by atoms with E-state index in [2.05, 4.69) is 0 Å². The number of hydrogen-bond donors (Lipinski definition) is 1. The largest absolute Gasteiger partial charge is 0.396 e. The Balaban J connectivity index is 1.74. The standard InChI is InChI=1S/C10H13NO3/c12-5-10(1-2-10)4-11-8(13)6-3-7(6)9(11)14/h6-7,12H,1-5H2. The molecule has 4 heteroatoms. The van der Waals surface area contributed by atoms with Gasteiger partial charge in [0.15, 0.2) is 0 Å². The first-order valence-electron chi connectivity index (χ1n) is 5.13. The highest BCUT2D eigenvalue weighted by molar-refractivity contribution is 6.08. The number of nitrogens with zero attached hydrogens (tertiary/aromatic N) is 1. The molecule has 1 N–H and O–H groups in total. The molecule has 1 saturated heterocycles. The lowest BCUT2D eigenvalue weighted by molar-refractivity contribution is -0.142. The lowest BCUT2D eigenvalue weighted by Gasteiger charge is -2.21. The van der Waals surface area contributed by atoms with Crippen LogP contribution in [0.1, 0.15) is 19.3 Å². The van der Waals surface area contributed by atoms with Crippen LogP contribution in [0.2, 0.25) is 0 Å². The SMILES string of the molecule is O=C1C2CC2C(=O)N1CC1(CO)CC1. The first-order chi connectivity index (χ1) is 6.67. The van der Waals surface area contributed by atoms with Crippen molar-refractivity contribution >= 4 is 11.8 Å². The molecule has 0 radical (unpaired) electrons. The Labute approximate surface area is 81.9 Å². The molecule has 3 fully saturated rings. The van der Waals surface area contributed by atoms with Gasteiger partial charge >= 0.3 is 0 Å². The Morgan fingerprint density at radius 1 is 1.29 bits per heavy atom. The van der Waals surface area contributed by atoms with Crippen LogP contribution in [0.15, 0.2) is 0 Å². The van der Waals surface area contributed by atoms with Crippen LogP contribution in [0.3, 0.4) is 0 Å². The quantitative estimate of drug-likeness (QED) is 0.632. The van der Waals surface area contributed by atoms with E-state index in [0.717, 1.165) is 19.3 Å². The van der Waals surface area contributed by atoms with E-state index in [4.69, 9.17) is 5.11 Å². The number of amides is 2. The van der Waals surface area contributed by atoms with Crippen molar-refractivity contribution in [2.24, 2.45) is 17.3 Å². The van der Waals surface area contributed by atoms with Gasteiger partial charge in [-0.05, 0) is 19.3 Å². The van der Waals surface area contributed by atoms with Crippen molar-refractivity contribution in [1.29, 1.82) is 0 Å². The van der Waals surface area contributed by atoms with E-state index in [1.54, 1.807) is 0 Å². The minimum absolute atomic E-state index is 0.000255. The van der Waals surface area contributed by atoms with E-state index in [-0.39, 0.29) is 35.7 Å². The first kappa shape index (κ1) is 8.41. The third-order valence-electron chi connectivity index (χ3n) is 3.74. The summed E-state index contributed by atoms with van der Waals surface area (Å²) in [6, 6.07) is 0. The summed E-state index contributed by atoms with van der Waals surface area (Å²) in [6.45, 7) is 0.549. The number of aliphatic hydroxyl groups is 1.